The maximum atomic E-state index is 9.22. The van der Waals surface area contributed by atoms with Crippen LogP contribution in [0.2, 0.25) is 0 Å². The van der Waals surface area contributed by atoms with E-state index in [2.05, 4.69) is 6.92 Å². The Hall–Kier alpha value is -0.200. The molecular formula is C11H21NO4. The molecule has 16 heavy (non-hydrogen) atoms. The summed E-state index contributed by atoms with van der Waals surface area (Å²) < 4.78 is 17.0. The summed E-state index contributed by atoms with van der Waals surface area (Å²) in [6.45, 7) is 2.77. The van der Waals surface area contributed by atoms with Crippen molar-refractivity contribution in [1.82, 2.24) is 0 Å². The van der Waals surface area contributed by atoms with Crippen LogP contribution in [0.15, 0.2) is 0 Å². The van der Waals surface area contributed by atoms with Crippen molar-refractivity contribution in [2.24, 2.45) is 5.73 Å². The lowest BCUT2D eigenvalue weighted by atomic mass is 10.1. The second-order valence-corrected chi connectivity index (χ2v) is 4.46. The summed E-state index contributed by atoms with van der Waals surface area (Å²) in [6.07, 6.45) is 1.97. The lowest BCUT2D eigenvalue weighted by Gasteiger charge is -2.22. The fourth-order valence-corrected chi connectivity index (χ4v) is 2.36. The van der Waals surface area contributed by atoms with E-state index < -0.39 is 0 Å². The summed E-state index contributed by atoms with van der Waals surface area (Å²) in [4.78, 5) is 0. The van der Waals surface area contributed by atoms with Gasteiger partial charge >= 0.3 is 0 Å². The van der Waals surface area contributed by atoms with E-state index in [9.17, 15) is 5.11 Å². The van der Waals surface area contributed by atoms with Crippen LogP contribution < -0.4 is 5.73 Å². The number of nitrogens with two attached hydrogens (primary N) is 1. The van der Waals surface area contributed by atoms with E-state index in [0.717, 1.165) is 12.8 Å². The average molecular weight is 231 g/mol. The predicted molar refractivity (Wildman–Crippen MR) is 57.9 cm³/mol. The van der Waals surface area contributed by atoms with Gasteiger partial charge < -0.3 is 25.1 Å². The van der Waals surface area contributed by atoms with E-state index in [4.69, 9.17) is 19.9 Å². The summed E-state index contributed by atoms with van der Waals surface area (Å²) >= 11 is 0. The van der Waals surface area contributed by atoms with Crippen molar-refractivity contribution in [1.29, 1.82) is 0 Å². The van der Waals surface area contributed by atoms with Gasteiger partial charge in [0.2, 0.25) is 0 Å². The Labute approximate surface area is 95.9 Å². The number of rotatable bonds is 5. The van der Waals surface area contributed by atoms with Gasteiger partial charge in [-0.1, -0.05) is 13.3 Å². The van der Waals surface area contributed by atoms with Gasteiger partial charge in [0, 0.05) is 13.0 Å². The van der Waals surface area contributed by atoms with Gasteiger partial charge in [0.15, 0.2) is 0 Å². The number of hydrogen-bond acceptors (Lipinski definition) is 5. The van der Waals surface area contributed by atoms with Gasteiger partial charge in [-0.15, -0.1) is 0 Å². The van der Waals surface area contributed by atoms with Gasteiger partial charge in [0.1, 0.15) is 24.5 Å². The molecule has 0 amide bonds. The molecule has 0 spiro atoms. The van der Waals surface area contributed by atoms with Crippen LogP contribution in [0.3, 0.4) is 0 Å². The molecule has 5 heteroatoms. The molecule has 3 N–H and O–H groups in total. The number of aliphatic hydroxyl groups excluding tert-OH is 1. The van der Waals surface area contributed by atoms with Gasteiger partial charge in [-0.3, -0.25) is 0 Å². The molecular weight excluding hydrogens is 210 g/mol. The van der Waals surface area contributed by atoms with Gasteiger partial charge in [-0.25, -0.2) is 0 Å². The highest BCUT2D eigenvalue weighted by atomic mass is 16.6. The Morgan fingerprint density at radius 1 is 1.44 bits per heavy atom. The largest absolute Gasteiger partial charge is 0.394 e. The fraction of sp³-hybridized carbons (Fsp3) is 1.00. The highest BCUT2D eigenvalue weighted by Gasteiger charge is 2.50. The Bertz CT molecular complexity index is 226. The van der Waals surface area contributed by atoms with Crippen molar-refractivity contribution in [3.63, 3.8) is 0 Å². The molecule has 2 fully saturated rings. The minimum Gasteiger partial charge on any atom is -0.394 e. The van der Waals surface area contributed by atoms with E-state index in [0.29, 0.717) is 13.0 Å². The van der Waals surface area contributed by atoms with Gasteiger partial charge in [-0.05, 0) is 6.42 Å². The molecule has 5 nitrogen and oxygen atoms in total. The van der Waals surface area contributed by atoms with E-state index in [1.165, 1.54) is 0 Å². The maximum Gasteiger partial charge on any atom is 0.115 e. The first-order valence-corrected chi connectivity index (χ1v) is 6.05. The van der Waals surface area contributed by atoms with Crippen LogP contribution in [-0.2, 0) is 14.2 Å². The van der Waals surface area contributed by atoms with Gasteiger partial charge in [-0.2, -0.15) is 0 Å². The van der Waals surface area contributed by atoms with Crippen molar-refractivity contribution < 1.29 is 19.3 Å². The topological polar surface area (TPSA) is 73.9 Å². The van der Waals surface area contributed by atoms with Crippen LogP contribution in [-0.4, -0.2) is 49.0 Å². The zero-order valence-corrected chi connectivity index (χ0v) is 9.67. The van der Waals surface area contributed by atoms with Crippen molar-refractivity contribution in [3.05, 3.63) is 0 Å². The van der Waals surface area contributed by atoms with Crippen molar-refractivity contribution in [2.75, 3.05) is 13.2 Å². The molecule has 2 rings (SSSR count). The zero-order valence-electron chi connectivity index (χ0n) is 9.67. The molecule has 0 aromatic carbocycles. The molecule has 2 saturated heterocycles. The number of ether oxygens (including phenoxy) is 3. The normalized spacial score (nSPS) is 42.6. The Kier molecular flexibility index (Phi) is 4.16. The van der Waals surface area contributed by atoms with E-state index >= 15 is 0 Å². The molecule has 2 aliphatic rings. The van der Waals surface area contributed by atoms with E-state index in [1.54, 1.807) is 0 Å². The van der Waals surface area contributed by atoms with Crippen molar-refractivity contribution >= 4 is 0 Å². The SMILES string of the molecule is CCCCO[C@H]1C2OC(N)CC2O[C@@H]1CO. The van der Waals surface area contributed by atoms with Gasteiger partial charge in [0.05, 0.1) is 12.7 Å². The molecule has 0 aliphatic carbocycles. The molecule has 94 valence electrons. The van der Waals surface area contributed by atoms with E-state index in [1.807, 2.05) is 0 Å². The van der Waals surface area contributed by atoms with Crippen LogP contribution in [0.1, 0.15) is 26.2 Å². The second kappa shape index (κ2) is 5.42. The monoisotopic (exact) mass is 231 g/mol. The second-order valence-electron chi connectivity index (χ2n) is 4.46. The standard InChI is InChI=1S/C11H21NO4/c1-2-3-4-14-10-8(6-13)15-7-5-9(12)16-11(7)10/h7-11,13H,2-6,12H2,1H3/t7?,8-,9?,10-,11?/m1/s1. The zero-order chi connectivity index (χ0) is 11.5. The highest BCUT2D eigenvalue weighted by molar-refractivity contribution is 4.97. The lowest BCUT2D eigenvalue weighted by molar-refractivity contribution is -0.0853. The minimum absolute atomic E-state index is 0.0150. The Morgan fingerprint density at radius 3 is 2.94 bits per heavy atom. The first-order chi connectivity index (χ1) is 7.76. The molecule has 2 aliphatic heterocycles. The molecule has 0 aromatic heterocycles. The summed E-state index contributed by atoms with van der Waals surface area (Å²) in [7, 11) is 0. The number of fused-ring (bicyclic) bond motifs is 1. The molecule has 0 radical (unpaired) electrons. The lowest BCUT2D eigenvalue weighted by Crippen LogP contribution is -2.38. The summed E-state index contributed by atoms with van der Waals surface area (Å²) in [5, 5.41) is 9.22. The number of unbranched alkanes of at least 4 members (excludes halogenated alkanes) is 1. The third kappa shape index (κ3) is 2.38. The smallest absolute Gasteiger partial charge is 0.115 e. The van der Waals surface area contributed by atoms with Crippen LogP contribution in [0.25, 0.3) is 0 Å². The minimum atomic E-state index is -0.264. The Morgan fingerprint density at radius 2 is 2.25 bits per heavy atom. The summed E-state index contributed by atoms with van der Waals surface area (Å²) in [5.74, 6) is 0. The number of aliphatic hydroxyl groups is 1. The van der Waals surface area contributed by atoms with Gasteiger partial charge in [0.25, 0.3) is 0 Å². The molecule has 5 atom stereocenters. The fourth-order valence-electron chi connectivity index (χ4n) is 2.36. The highest BCUT2D eigenvalue weighted by Crippen LogP contribution is 2.34. The average Bonchev–Trinajstić information content (AvgIpc) is 2.76. The molecule has 0 bridgehead atoms. The first kappa shape index (κ1) is 12.3. The maximum absolute atomic E-state index is 9.22. The third-order valence-electron chi connectivity index (χ3n) is 3.19. The van der Waals surface area contributed by atoms with Crippen LogP contribution in [0, 0.1) is 0 Å². The van der Waals surface area contributed by atoms with Crippen LogP contribution >= 0.6 is 0 Å². The summed E-state index contributed by atoms with van der Waals surface area (Å²) in [6, 6.07) is 0. The Balaban J connectivity index is 1.90. The number of hydrogen-bond donors (Lipinski definition) is 2. The van der Waals surface area contributed by atoms with Crippen LogP contribution in [0.4, 0.5) is 0 Å². The first-order valence-electron chi connectivity index (χ1n) is 6.05. The van der Waals surface area contributed by atoms with E-state index in [-0.39, 0.29) is 37.3 Å². The molecule has 2 heterocycles. The molecule has 3 unspecified atom stereocenters. The van der Waals surface area contributed by atoms with Crippen LogP contribution in [0.5, 0.6) is 0 Å². The third-order valence-corrected chi connectivity index (χ3v) is 3.19. The van der Waals surface area contributed by atoms with Crippen molar-refractivity contribution in [3.8, 4) is 0 Å². The molecule has 0 saturated carbocycles. The predicted octanol–water partition coefficient (Wildman–Crippen LogP) is 0.00510. The summed E-state index contributed by atoms with van der Waals surface area (Å²) in [5.41, 5.74) is 5.71. The quantitative estimate of drug-likeness (QED) is 0.652. The molecule has 0 aromatic rings. The van der Waals surface area contributed by atoms with Crippen molar-refractivity contribution in [2.45, 2.75) is 56.8 Å².